The summed E-state index contributed by atoms with van der Waals surface area (Å²) in [6, 6.07) is 3.03. The zero-order chi connectivity index (χ0) is 17.9. The predicted octanol–water partition coefficient (Wildman–Crippen LogP) is 2.41. The van der Waals surface area contributed by atoms with E-state index in [1.165, 1.54) is 11.8 Å². The molecule has 2 N–H and O–H groups in total. The maximum absolute atomic E-state index is 13.0. The molecule has 10 heteroatoms. The molecule has 1 aromatic rings. The van der Waals surface area contributed by atoms with Crippen molar-refractivity contribution in [2.24, 2.45) is 11.8 Å². The minimum Gasteiger partial charge on any atom is -0.481 e. The number of nitrogens with zero attached hydrogens (tertiary/aromatic N) is 1. The molecule has 1 unspecified atom stereocenters. The lowest BCUT2D eigenvalue weighted by Crippen LogP contribution is -2.45. The number of carboxylic acid groups (broad SMARTS) is 1. The minimum absolute atomic E-state index is 0. The average Bonchev–Trinajstić information content (AvgIpc) is 3.14. The molecule has 1 aromatic heterocycles. The van der Waals surface area contributed by atoms with Crippen molar-refractivity contribution in [3.05, 3.63) is 22.4 Å². The first-order valence-electron chi connectivity index (χ1n) is 7.53. The van der Waals surface area contributed by atoms with Crippen LogP contribution in [-0.2, 0) is 16.0 Å². The van der Waals surface area contributed by atoms with E-state index in [1.54, 1.807) is 11.3 Å². The number of carbonyl (C=O) groups excluding carboxylic acids is 1. The third-order valence-corrected chi connectivity index (χ3v) is 5.20. The van der Waals surface area contributed by atoms with Crippen LogP contribution in [-0.4, -0.2) is 53.7 Å². The Bertz CT molecular complexity index is 583. The van der Waals surface area contributed by atoms with Crippen LogP contribution >= 0.6 is 23.7 Å². The molecule has 1 aliphatic heterocycles. The van der Waals surface area contributed by atoms with Gasteiger partial charge in [-0.3, -0.25) is 14.5 Å². The Labute approximate surface area is 153 Å². The van der Waals surface area contributed by atoms with Gasteiger partial charge in [0, 0.05) is 24.5 Å². The smallest absolute Gasteiger partial charge is 0.393 e. The average molecular weight is 401 g/mol. The van der Waals surface area contributed by atoms with Gasteiger partial charge in [0.05, 0.1) is 17.9 Å². The lowest BCUT2D eigenvalue weighted by atomic mass is 9.96. The molecule has 142 valence electrons. The van der Waals surface area contributed by atoms with Crippen LogP contribution in [0.5, 0.6) is 0 Å². The molecule has 1 aliphatic rings. The lowest BCUT2D eigenvalue weighted by Gasteiger charge is -2.23. The third-order valence-electron chi connectivity index (χ3n) is 4.26. The molecular formula is C15H20ClF3N2O3S. The molecule has 1 saturated heterocycles. The minimum atomic E-state index is -4.59. The molecule has 0 spiro atoms. The van der Waals surface area contributed by atoms with Gasteiger partial charge < -0.3 is 10.4 Å². The van der Waals surface area contributed by atoms with Crippen LogP contribution in [0, 0.1) is 11.8 Å². The van der Waals surface area contributed by atoms with Gasteiger partial charge in [0.2, 0.25) is 5.91 Å². The monoisotopic (exact) mass is 400 g/mol. The number of aliphatic carboxylic acids is 1. The molecule has 0 bridgehead atoms. The molecule has 5 nitrogen and oxygen atoms in total. The molecule has 0 aromatic carbocycles. The van der Waals surface area contributed by atoms with E-state index in [9.17, 15) is 22.8 Å². The second-order valence-electron chi connectivity index (χ2n) is 5.84. The molecule has 0 aliphatic carbocycles. The number of rotatable bonds is 6. The van der Waals surface area contributed by atoms with E-state index in [-0.39, 0.29) is 19.0 Å². The fourth-order valence-corrected chi connectivity index (χ4v) is 3.52. The van der Waals surface area contributed by atoms with Crippen LogP contribution in [0.1, 0.15) is 11.8 Å². The topological polar surface area (TPSA) is 69.6 Å². The third kappa shape index (κ3) is 5.58. The Hall–Kier alpha value is -1.32. The second-order valence-corrected chi connectivity index (χ2v) is 6.88. The van der Waals surface area contributed by atoms with Gasteiger partial charge in [-0.05, 0) is 24.8 Å². The molecule has 1 fully saturated rings. The van der Waals surface area contributed by atoms with Crippen molar-refractivity contribution in [1.29, 1.82) is 0 Å². The van der Waals surface area contributed by atoms with Crippen LogP contribution in [0.2, 0.25) is 0 Å². The zero-order valence-corrected chi connectivity index (χ0v) is 15.1. The lowest BCUT2D eigenvalue weighted by molar-refractivity contribution is -0.188. The van der Waals surface area contributed by atoms with Crippen molar-refractivity contribution in [2.45, 2.75) is 25.6 Å². The standard InChI is InChI=1S/C15H19F3N2O3S.ClH/c1-9(13(21)19-5-4-10-3-2-6-24-10)20-7-11(14(22)23)12(8-20)15(16,17)18;/h2-3,6,9,11-12H,4-5,7-8H2,1H3,(H,19,21)(H,22,23);1H/t9?,11-,12-;/m1./s1. The molecule has 3 atom stereocenters. The number of nitrogens with one attached hydrogen (secondary N) is 1. The zero-order valence-electron chi connectivity index (χ0n) is 13.5. The molecule has 2 rings (SSSR count). The van der Waals surface area contributed by atoms with Crippen LogP contribution < -0.4 is 5.32 Å². The van der Waals surface area contributed by atoms with Gasteiger partial charge in [-0.25, -0.2) is 0 Å². The maximum atomic E-state index is 13.0. The maximum Gasteiger partial charge on any atom is 0.393 e. The fourth-order valence-electron chi connectivity index (χ4n) is 2.81. The summed E-state index contributed by atoms with van der Waals surface area (Å²) in [4.78, 5) is 25.6. The van der Waals surface area contributed by atoms with E-state index in [0.29, 0.717) is 13.0 Å². The van der Waals surface area contributed by atoms with E-state index in [1.807, 2.05) is 17.5 Å². The van der Waals surface area contributed by atoms with E-state index in [4.69, 9.17) is 5.11 Å². The molecule has 25 heavy (non-hydrogen) atoms. The summed E-state index contributed by atoms with van der Waals surface area (Å²) in [5.74, 6) is -5.36. The predicted molar refractivity (Wildman–Crippen MR) is 90.0 cm³/mol. The first-order valence-corrected chi connectivity index (χ1v) is 8.41. The van der Waals surface area contributed by atoms with Gasteiger partial charge in [0.15, 0.2) is 0 Å². The first-order chi connectivity index (χ1) is 11.2. The highest BCUT2D eigenvalue weighted by Gasteiger charge is 2.53. The number of carbonyl (C=O) groups is 2. The van der Waals surface area contributed by atoms with Crippen LogP contribution in [0.4, 0.5) is 13.2 Å². The summed E-state index contributed by atoms with van der Waals surface area (Å²) in [5, 5.41) is 13.6. The van der Waals surface area contributed by atoms with Crippen molar-refractivity contribution in [3.63, 3.8) is 0 Å². The number of amides is 1. The Morgan fingerprint density at radius 3 is 2.60 bits per heavy atom. The molecule has 0 radical (unpaired) electrons. The SMILES string of the molecule is CC(C(=O)NCCc1cccs1)N1C[C@@H](C(F)(F)F)[C@H](C(=O)O)C1.Cl. The summed E-state index contributed by atoms with van der Waals surface area (Å²) >= 11 is 1.56. The van der Waals surface area contributed by atoms with Crippen molar-refractivity contribution < 1.29 is 27.9 Å². The van der Waals surface area contributed by atoms with Crippen molar-refractivity contribution in [3.8, 4) is 0 Å². The summed E-state index contributed by atoms with van der Waals surface area (Å²) in [7, 11) is 0. The highest BCUT2D eigenvalue weighted by atomic mass is 35.5. The fraction of sp³-hybridized carbons (Fsp3) is 0.600. The number of halogens is 4. The van der Waals surface area contributed by atoms with Crippen molar-refractivity contribution in [1.82, 2.24) is 10.2 Å². The van der Waals surface area contributed by atoms with Gasteiger partial charge in [-0.2, -0.15) is 13.2 Å². The molecule has 2 heterocycles. The summed E-state index contributed by atoms with van der Waals surface area (Å²) < 4.78 is 38.9. The summed E-state index contributed by atoms with van der Waals surface area (Å²) in [5.41, 5.74) is 0. The number of thiophene rings is 1. The van der Waals surface area contributed by atoms with Gasteiger partial charge in [0.1, 0.15) is 0 Å². The molecule has 1 amide bonds. The molecule has 0 saturated carbocycles. The van der Waals surface area contributed by atoms with Crippen molar-refractivity contribution >= 4 is 35.6 Å². The Morgan fingerprint density at radius 1 is 1.44 bits per heavy atom. The van der Waals surface area contributed by atoms with E-state index in [2.05, 4.69) is 5.32 Å². The number of likely N-dealkylation sites (tertiary alicyclic amines) is 1. The van der Waals surface area contributed by atoms with E-state index in [0.717, 1.165) is 4.88 Å². The van der Waals surface area contributed by atoms with Crippen LogP contribution in [0.15, 0.2) is 17.5 Å². The number of hydrogen-bond donors (Lipinski definition) is 2. The second kappa shape index (κ2) is 8.86. The largest absolute Gasteiger partial charge is 0.481 e. The highest BCUT2D eigenvalue weighted by Crippen LogP contribution is 2.38. The van der Waals surface area contributed by atoms with E-state index >= 15 is 0 Å². The van der Waals surface area contributed by atoms with Crippen molar-refractivity contribution in [2.75, 3.05) is 19.6 Å². The first kappa shape index (κ1) is 21.7. The quantitative estimate of drug-likeness (QED) is 0.769. The molecular weight excluding hydrogens is 381 g/mol. The van der Waals surface area contributed by atoms with Gasteiger partial charge in [0.25, 0.3) is 0 Å². The number of carboxylic acids is 1. The summed E-state index contributed by atoms with van der Waals surface area (Å²) in [6.07, 6.45) is -3.94. The van der Waals surface area contributed by atoms with Gasteiger partial charge in [-0.1, -0.05) is 6.07 Å². The van der Waals surface area contributed by atoms with Crippen LogP contribution in [0.25, 0.3) is 0 Å². The highest BCUT2D eigenvalue weighted by molar-refractivity contribution is 7.09. The van der Waals surface area contributed by atoms with Gasteiger partial charge in [-0.15, -0.1) is 23.7 Å². The number of hydrogen-bond acceptors (Lipinski definition) is 4. The number of alkyl halides is 3. The van der Waals surface area contributed by atoms with E-state index < -0.39 is 42.5 Å². The summed E-state index contributed by atoms with van der Waals surface area (Å²) in [6.45, 7) is 1.14. The Kier molecular flexibility index (Phi) is 7.70. The normalized spacial score (nSPS) is 22.2. The Morgan fingerprint density at radius 2 is 2.12 bits per heavy atom. The Balaban J connectivity index is 0.00000312. The van der Waals surface area contributed by atoms with Crippen LogP contribution in [0.3, 0.4) is 0 Å². The van der Waals surface area contributed by atoms with Gasteiger partial charge >= 0.3 is 12.1 Å².